The molecule has 3 rings (SSSR count). The summed E-state index contributed by atoms with van der Waals surface area (Å²) >= 11 is 0. The van der Waals surface area contributed by atoms with E-state index in [-0.39, 0.29) is 5.91 Å². The van der Waals surface area contributed by atoms with Crippen molar-refractivity contribution in [2.24, 2.45) is 0 Å². The van der Waals surface area contributed by atoms with Crippen molar-refractivity contribution in [3.8, 4) is 11.5 Å². The molecule has 1 heterocycles. The number of para-hydroxylation sites is 2. The molecule has 0 saturated heterocycles. The lowest BCUT2D eigenvalue weighted by molar-refractivity contribution is 0.0946. The van der Waals surface area contributed by atoms with Gasteiger partial charge in [-0.1, -0.05) is 18.2 Å². The van der Waals surface area contributed by atoms with E-state index >= 15 is 0 Å². The molecule has 0 radical (unpaired) electrons. The molecule has 6 heteroatoms. The number of imidazole rings is 1. The summed E-state index contributed by atoms with van der Waals surface area (Å²) in [4.78, 5) is 17.1. The molecule has 0 unspecified atom stereocenters. The molecule has 1 amide bonds. The van der Waals surface area contributed by atoms with Crippen LogP contribution in [0.4, 0.5) is 0 Å². The van der Waals surface area contributed by atoms with Crippen LogP contribution in [0.3, 0.4) is 0 Å². The van der Waals surface area contributed by atoms with E-state index in [0.717, 1.165) is 29.8 Å². The van der Waals surface area contributed by atoms with Crippen LogP contribution in [0.15, 0.2) is 42.5 Å². The Labute approximate surface area is 152 Å². The third kappa shape index (κ3) is 3.49. The molecule has 1 N–H and O–H groups in total. The lowest BCUT2D eigenvalue weighted by Crippen LogP contribution is -2.26. The molecule has 0 aliphatic rings. The minimum Gasteiger partial charge on any atom is -0.496 e. The summed E-state index contributed by atoms with van der Waals surface area (Å²) in [7, 11) is 3.08. The number of carbonyl (C=O) groups excluding carboxylic acids is 1. The highest BCUT2D eigenvalue weighted by molar-refractivity contribution is 5.99. The first-order valence-electron chi connectivity index (χ1n) is 8.56. The van der Waals surface area contributed by atoms with Crippen molar-refractivity contribution in [2.45, 2.75) is 19.9 Å². The minimum absolute atomic E-state index is 0.202. The zero-order valence-electron chi connectivity index (χ0n) is 15.3. The minimum atomic E-state index is -0.202. The van der Waals surface area contributed by atoms with Gasteiger partial charge in [0.15, 0.2) is 0 Å². The Morgan fingerprint density at radius 1 is 1.08 bits per heavy atom. The first-order valence-corrected chi connectivity index (χ1v) is 8.56. The van der Waals surface area contributed by atoms with Crippen LogP contribution >= 0.6 is 0 Å². The van der Waals surface area contributed by atoms with E-state index in [1.54, 1.807) is 32.4 Å². The molecular formula is C20H23N3O3. The maximum Gasteiger partial charge on any atom is 0.258 e. The van der Waals surface area contributed by atoms with Gasteiger partial charge < -0.3 is 19.4 Å². The molecule has 3 aromatic rings. The number of carbonyl (C=O) groups is 1. The molecule has 26 heavy (non-hydrogen) atoms. The van der Waals surface area contributed by atoms with Crippen molar-refractivity contribution < 1.29 is 14.3 Å². The van der Waals surface area contributed by atoms with E-state index in [2.05, 4.69) is 20.9 Å². The average Bonchev–Trinajstić information content (AvgIpc) is 2.99. The number of hydrogen-bond donors (Lipinski definition) is 1. The van der Waals surface area contributed by atoms with E-state index in [4.69, 9.17) is 9.47 Å². The van der Waals surface area contributed by atoms with Gasteiger partial charge in [-0.25, -0.2) is 4.98 Å². The van der Waals surface area contributed by atoms with Crippen LogP contribution in [0, 0.1) is 6.92 Å². The summed E-state index contributed by atoms with van der Waals surface area (Å²) in [6, 6.07) is 13.4. The molecule has 0 bridgehead atoms. The highest BCUT2D eigenvalue weighted by atomic mass is 16.5. The molecule has 2 aromatic carbocycles. The Bertz CT molecular complexity index is 896. The Balaban J connectivity index is 1.64. The second-order valence-corrected chi connectivity index (χ2v) is 5.95. The van der Waals surface area contributed by atoms with Crippen molar-refractivity contribution >= 4 is 16.9 Å². The number of nitrogens with one attached hydrogen (secondary N) is 1. The summed E-state index contributed by atoms with van der Waals surface area (Å²) in [5.74, 6) is 1.77. The van der Waals surface area contributed by atoms with Crippen molar-refractivity contribution in [3.63, 3.8) is 0 Å². The number of benzene rings is 2. The fraction of sp³-hybridized carbons (Fsp3) is 0.300. The quantitative estimate of drug-likeness (QED) is 0.663. The van der Waals surface area contributed by atoms with Crippen LogP contribution in [0.1, 0.15) is 22.6 Å². The zero-order valence-corrected chi connectivity index (χ0v) is 15.3. The predicted octanol–water partition coefficient (Wildman–Crippen LogP) is 3.18. The molecule has 136 valence electrons. The largest absolute Gasteiger partial charge is 0.496 e. The molecule has 0 aliphatic heterocycles. The van der Waals surface area contributed by atoms with E-state index in [1.807, 2.05) is 25.1 Å². The fourth-order valence-electron chi connectivity index (χ4n) is 3.08. The topological polar surface area (TPSA) is 65.4 Å². The van der Waals surface area contributed by atoms with Crippen LogP contribution in [-0.2, 0) is 6.54 Å². The summed E-state index contributed by atoms with van der Waals surface area (Å²) in [5.41, 5.74) is 2.53. The molecule has 0 fully saturated rings. The number of ether oxygens (including phenoxy) is 2. The molecule has 1 aromatic heterocycles. The Morgan fingerprint density at radius 3 is 2.46 bits per heavy atom. The number of fused-ring (bicyclic) bond motifs is 1. The van der Waals surface area contributed by atoms with Crippen LogP contribution in [0.25, 0.3) is 11.0 Å². The second-order valence-electron chi connectivity index (χ2n) is 5.95. The molecule has 0 atom stereocenters. The number of aryl methyl sites for hydroxylation is 2. The number of nitrogens with zero attached hydrogens (tertiary/aromatic N) is 2. The first-order chi connectivity index (χ1) is 12.7. The Hall–Kier alpha value is -3.02. The SMILES string of the molecule is COc1cccc(OC)c1C(=O)NCCCn1c(C)nc2ccccc21. The van der Waals surface area contributed by atoms with Gasteiger partial charge in [-0.2, -0.15) is 0 Å². The summed E-state index contributed by atoms with van der Waals surface area (Å²) in [6.07, 6.45) is 0.796. The van der Waals surface area contributed by atoms with Gasteiger partial charge in [-0.3, -0.25) is 4.79 Å². The third-order valence-electron chi connectivity index (χ3n) is 4.34. The van der Waals surface area contributed by atoms with Crippen LogP contribution < -0.4 is 14.8 Å². The van der Waals surface area contributed by atoms with Gasteiger partial charge in [0.25, 0.3) is 5.91 Å². The number of rotatable bonds is 7. The smallest absolute Gasteiger partial charge is 0.258 e. The maximum atomic E-state index is 12.6. The molecule has 0 saturated carbocycles. The molecule has 0 spiro atoms. The first kappa shape index (κ1) is 17.8. The van der Waals surface area contributed by atoms with Crippen LogP contribution in [0.5, 0.6) is 11.5 Å². The lowest BCUT2D eigenvalue weighted by atomic mass is 10.1. The van der Waals surface area contributed by atoms with Crippen LogP contribution in [0.2, 0.25) is 0 Å². The highest BCUT2D eigenvalue weighted by Gasteiger charge is 2.17. The number of hydrogen-bond acceptors (Lipinski definition) is 4. The van der Waals surface area contributed by atoms with Crippen molar-refractivity contribution in [1.82, 2.24) is 14.9 Å². The maximum absolute atomic E-state index is 12.6. The summed E-state index contributed by atoms with van der Waals surface area (Å²) in [5, 5.41) is 2.95. The number of aromatic nitrogens is 2. The fourth-order valence-corrected chi connectivity index (χ4v) is 3.08. The van der Waals surface area contributed by atoms with E-state index in [0.29, 0.717) is 23.6 Å². The average molecular weight is 353 g/mol. The van der Waals surface area contributed by atoms with Gasteiger partial charge in [-0.15, -0.1) is 0 Å². The highest BCUT2D eigenvalue weighted by Crippen LogP contribution is 2.27. The normalized spacial score (nSPS) is 10.7. The van der Waals surface area contributed by atoms with Crippen molar-refractivity contribution in [1.29, 1.82) is 0 Å². The van der Waals surface area contributed by atoms with E-state index < -0.39 is 0 Å². The Kier molecular flexibility index (Phi) is 5.41. The van der Waals surface area contributed by atoms with Gasteiger partial charge in [0.05, 0.1) is 25.3 Å². The number of amides is 1. The van der Waals surface area contributed by atoms with Gasteiger partial charge in [0, 0.05) is 13.1 Å². The van der Waals surface area contributed by atoms with E-state index in [1.165, 1.54) is 0 Å². The van der Waals surface area contributed by atoms with Crippen molar-refractivity contribution in [3.05, 3.63) is 53.9 Å². The lowest BCUT2D eigenvalue weighted by Gasteiger charge is -2.13. The summed E-state index contributed by atoms with van der Waals surface area (Å²) in [6.45, 7) is 3.33. The van der Waals surface area contributed by atoms with Crippen LogP contribution in [-0.4, -0.2) is 36.2 Å². The zero-order chi connectivity index (χ0) is 18.5. The molecule has 0 aliphatic carbocycles. The monoisotopic (exact) mass is 353 g/mol. The molecule has 6 nitrogen and oxygen atoms in total. The third-order valence-corrected chi connectivity index (χ3v) is 4.34. The summed E-state index contributed by atoms with van der Waals surface area (Å²) < 4.78 is 12.7. The van der Waals surface area contributed by atoms with Gasteiger partial charge in [-0.05, 0) is 37.6 Å². The number of methoxy groups -OCH3 is 2. The van der Waals surface area contributed by atoms with E-state index in [9.17, 15) is 4.79 Å². The standard InChI is InChI=1S/C20H23N3O3/c1-14-22-15-8-4-5-9-16(15)23(14)13-7-12-21-20(24)19-17(25-2)10-6-11-18(19)26-3/h4-6,8-11H,7,12-13H2,1-3H3,(H,21,24). The van der Waals surface area contributed by atoms with Gasteiger partial charge in [0.2, 0.25) is 0 Å². The van der Waals surface area contributed by atoms with Crippen molar-refractivity contribution in [2.75, 3.05) is 20.8 Å². The Morgan fingerprint density at radius 2 is 1.77 bits per heavy atom. The van der Waals surface area contributed by atoms with Gasteiger partial charge in [0.1, 0.15) is 22.9 Å². The van der Waals surface area contributed by atoms with Gasteiger partial charge >= 0.3 is 0 Å². The second kappa shape index (κ2) is 7.91. The molecular weight excluding hydrogens is 330 g/mol. The predicted molar refractivity (Wildman–Crippen MR) is 101 cm³/mol.